The van der Waals surface area contributed by atoms with E-state index in [4.69, 9.17) is 9.47 Å². The Labute approximate surface area is 164 Å². The molecule has 0 atom stereocenters. The van der Waals surface area contributed by atoms with Gasteiger partial charge in [0.05, 0.1) is 18.1 Å². The average molecular weight is 384 g/mol. The highest BCUT2D eigenvalue weighted by Crippen LogP contribution is 2.29. The van der Waals surface area contributed by atoms with Gasteiger partial charge < -0.3 is 14.8 Å². The van der Waals surface area contributed by atoms with Gasteiger partial charge in [-0.05, 0) is 42.7 Å². The third-order valence-corrected chi connectivity index (χ3v) is 3.77. The minimum absolute atomic E-state index is 0.0198. The van der Waals surface area contributed by atoms with Crippen LogP contribution in [0, 0.1) is 10.1 Å². The van der Waals surface area contributed by atoms with Gasteiger partial charge in [0.2, 0.25) is 5.91 Å². The molecule has 0 spiro atoms. The van der Waals surface area contributed by atoms with Gasteiger partial charge >= 0.3 is 0 Å². The molecule has 0 bridgehead atoms. The molecular formula is C21H24N2O5. The van der Waals surface area contributed by atoms with Crippen LogP contribution in [0.5, 0.6) is 11.5 Å². The smallest absolute Gasteiger partial charge is 0.269 e. The first-order valence-electron chi connectivity index (χ1n) is 9.12. The fourth-order valence-corrected chi connectivity index (χ4v) is 2.38. The van der Waals surface area contributed by atoms with Crippen molar-refractivity contribution in [3.63, 3.8) is 0 Å². The summed E-state index contributed by atoms with van der Waals surface area (Å²) in [6, 6.07) is 11.6. The fraction of sp³-hybridized carbons (Fsp3) is 0.286. The lowest BCUT2D eigenvalue weighted by Crippen LogP contribution is -2.20. The van der Waals surface area contributed by atoms with Crippen molar-refractivity contribution in [2.45, 2.75) is 26.8 Å². The first-order valence-corrected chi connectivity index (χ1v) is 9.12. The Hall–Kier alpha value is -3.35. The summed E-state index contributed by atoms with van der Waals surface area (Å²) in [5, 5.41) is 13.4. The third-order valence-electron chi connectivity index (χ3n) is 3.77. The number of ether oxygens (including phenoxy) is 2. The van der Waals surface area contributed by atoms with E-state index < -0.39 is 4.92 Å². The molecule has 1 N–H and O–H groups in total. The summed E-state index contributed by atoms with van der Waals surface area (Å²) in [4.78, 5) is 22.2. The Kier molecular flexibility index (Phi) is 8.02. The lowest BCUT2D eigenvalue weighted by atomic mass is 10.2. The summed E-state index contributed by atoms with van der Waals surface area (Å²) in [7, 11) is 0. The molecule has 0 heterocycles. The molecule has 0 aliphatic rings. The Morgan fingerprint density at radius 1 is 1.11 bits per heavy atom. The van der Waals surface area contributed by atoms with Crippen LogP contribution in [0.4, 0.5) is 5.69 Å². The zero-order chi connectivity index (χ0) is 20.4. The second kappa shape index (κ2) is 10.7. The molecule has 148 valence electrons. The molecule has 2 aromatic rings. The van der Waals surface area contributed by atoms with E-state index in [1.165, 1.54) is 18.2 Å². The monoisotopic (exact) mass is 384 g/mol. The molecule has 0 radical (unpaired) electrons. The molecule has 1 amide bonds. The van der Waals surface area contributed by atoms with E-state index in [9.17, 15) is 14.9 Å². The molecule has 2 rings (SSSR count). The van der Waals surface area contributed by atoms with Crippen LogP contribution in [0.3, 0.4) is 0 Å². The van der Waals surface area contributed by atoms with Crippen molar-refractivity contribution >= 4 is 17.7 Å². The van der Waals surface area contributed by atoms with Crippen molar-refractivity contribution in [2.75, 3.05) is 13.2 Å². The number of nitrogens with zero attached hydrogens (tertiary/aromatic N) is 1. The van der Waals surface area contributed by atoms with E-state index in [1.807, 2.05) is 32.0 Å². The lowest BCUT2D eigenvalue weighted by molar-refractivity contribution is -0.384. The molecule has 0 saturated heterocycles. The van der Waals surface area contributed by atoms with Crippen LogP contribution in [-0.4, -0.2) is 24.0 Å². The van der Waals surface area contributed by atoms with E-state index >= 15 is 0 Å². The summed E-state index contributed by atoms with van der Waals surface area (Å²) >= 11 is 0. The zero-order valence-electron chi connectivity index (χ0n) is 16.0. The van der Waals surface area contributed by atoms with E-state index in [-0.39, 0.29) is 18.1 Å². The van der Waals surface area contributed by atoms with Gasteiger partial charge in [0.1, 0.15) is 0 Å². The van der Waals surface area contributed by atoms with Gasteiger partial charge in [-0.15, -0.1) is 0 Å². The summed E-state index contributed by atoms with van der Waals surface area (Å²) in [6.45, 7) is 5.35. The van der Waals surface area contributed by atoms with Crippen LogP contribution in [0.1, 0.15) is 31.4 Å². The number of hydrogen-bond donors (Lipinski definition) is 1. The Morgan fingerprint density at radius 2 is 1.86 bits per heavy atom. The number of hydrogen-bond acceptors (Lipinski definition) is 5. The number of nitro groups is 1. The summed E-state index contributed by atoms with van der Waals surface area (Å²) < 4.78 is 11.3. The second-order valence-electron chi connectivity index (χ2n) is 5.96. The predicted octanol–water partition coefficient (Wildman–Crippen LogP) is 4.11. The Bertz CT molecular complexity index is 831. The van der Waals surface area contributed by atoms with Crippen molar-refractivity contribution in [1.29, 1.82) is 0 Å². The fourth-order valence-electron chi connectivity index (χ4n) is 2.38. The van der Waals surface area contributed by atoms with Crippen molar-refractivity contribution in [2.24, 2.45) is 0 Å². The SMILES string of the molecule is CCCOc1ccc(/C=C/C(=O)NCc2ccc([N+](=O)[O-])cc2)cc1OCC. The van der Waals surface area contributed by atoms with Crippen LogP contribution in [-0.2, 0) is 11.3 Å². The maximum atomic E-state index is 12.0. The van der Waals surface area contributed by atoms with E-state index in [0.717, 1.165) is 17.5 Å². The van der Waals surface area contributed by atoms with Gasteiger partial charge in [-0.25, -0.2) is 0 Å². The molecule has 28 heavy (non-hydrogen) atoms. The van der Waals surface area contributed by atoms with Gasteiger partial charge in [-0.2, -0.15) is 0 Å². The molecule has 7 nitrogen and oxygen atoms in total. The Morgan fingerprint density at radius 3 is 2.50 bits per heavy atom. The number of benzene rings is 2. The summed E-state index contributed by atoms with van der Waals surface area (Å²) in [5.74, 6) is 1.07. The highest BCUT2D eigenvalue weighted by atomic mass is 16.6. The molecule has 0 aromatic heterocycles. The van der Waals surface area contributed by atoms with Crippen LogP contribution in [0.15, 0.2) is 48.5 Å². The quantitative estimate of drug-likeness (QED) is 0.378. The largest absolute Gasteiger partial charge is 0.490 e. The zero-order valence-corrected chi connectivity index (χ0v) is 16.0. The highest BCUT2D eigenvalue weighted by molar-refractivity contribution is 5.91. The topological polar surface area (TPSA) is 90.7 Å². The standard InChI is InChI=1S/C21H24N2O5/c1-3-13-28-19-11-7-16(14-20(19)27-4-2)8-12-21(24)22-15-17-5-9-18(10-6-17)23(25)26/h5-12,14H,3-4,13,15H2,1-2H3,(H,22,24)/b12-8+. The number of non-ortho nitro benzene ring substituents is 1. The molecule has 0 aliphatic carbocycles. The van der Waals surface area contributed by atoms with Gasteiger partial charge in [0.25, 0.3) is 5.69 Å². The molecular weight excluding hydrogens is 360 g/mol. The first-order chi connectivity index (χ1) is 13.5. The number of rotatable bonds is 10. The van der Waals surface area contributed by atoms with Crippen LogP contribution in [0.25, 0.3) is 6.08 Å². The normalized spacial score (nSPS) is 10.6. The Balaban J connectivity index is 1.95. The maximum absolute atomic E-state index is 12.0. The molecule has 0 fully saturated rings. The highest BCUT2D eigenvalue weighted by Gasteiger charge is 2.06. The van der Waals surface area contributed by atoms with Crippen LogP contribution in [0.2, 0.25) is 0 Å². The molecule has 0 aliphatic heterocycles. The molecule has 7 heteroatoms. The number of nitro benzene ring substituents is 1. The number of nitrogens with one attached hydrogen (secondary N) is 1. The lowest BCUT2D eigenvalue weighted by Gasteiger charge is -2.12. The molecule has 0 unspecified atom stereocenters. The van der Waals surface area contributed by atoms with Crippen molar-refractivity contribution in [1.82, 2.24) is 5.32 Å². The van der Waals surface area contributed by atoms with Crippen LogP contribution < -0.4 is 14.8 Å². The minimum atomic E-state index is -0.458. The summed E-state index contributed by atoms with van der Waals surface area (Å²) in [6.07, 6.45) is 4.03. The minimum Gasteiger partial charge on any atom is -0.490 e. The molecule has 2 aromatic carbocycles. The molecule has 0 saturated carbocycles. The van der Waals surface area contributed by atoms with E-state index in [0.29, 0.717) is 24.7 Å². The van der Waals surface area contributed by atoms with Crippen molar-refractivity contribution < 1.29 is 19.2 Å². The predicted molar refractivity (Wildman–Crippen MR) is 107 cm³/mol. The first kappa shape index (κ1) is 21.0. The van der Waals surface area contributed by atoms with Gasteiger partial charge in [0.15, 0.2) is 11.5 Å². The second-order valence-corrected chi connectivity index (χ2v) is 5.96. The maximum Gasteiger partial charge on any atom is 0.269 e. The van der Waals surface area contributed by atoms with Crippen LogP contribution >= 0.6 is 0 Å². The summed E-state index contributed by atoms with van der Waals surface area (Å²) in [5.41, 5.74) is 1.62. The van der Waals surface area contributed by atoms with Gasteiger partial charge in [-0.1, -0.05) is 25.1 Å². The van der Waals surface area contributed by atoms with Gasteiger partial charge in [-0.3, -0.25) is 14.9 Å². The average Bonchev–Trinajstić information content (AvgIpc) is 2.70. The number of carbonyl (C=O) groups is 1. The number of carbonyl (C=O) groups excluding carboxylic acids is 1. The van der Waals surface area contributed by atoms with E-state index in [2.05, 4.69) is 5.32 Å². The number of amides is 1. The van der Waals surface area contributed by atoms with Crippen molar-refractivity contribution in [3.8, 4) is 11.5 Å². The van der Waals surface area contributed by atoms with E-state index in [1.54, 1.807) is 18.2 Å². The third kappa shape index (κ3) is 6.42. The van der Waals surface area contributed by atoms with Gasteiger partial charge in [0, 0.05) is 24.8 Å². The van der Waals surface area contributed by atoms with Crippen molar-refractivity contribution in [3.05, 3.63) is 69.8 Å².